The number of nitrogens with zero attached hydrogens (tertiary/aromatic N) is 2. The highest BCUT2D eigenvalue weighted by atomic mass is 32.1. The molecule has 0 radical (unpaired) electrons. The number of aryl methyl sites for hydroxylation is 1. The van der Waals surface area contributed by atoms with Crippen molar-refractivity contribution in [3.63, 3.8) is 0 Å². The van der Waals surface area contributed by atoms with E-state index >= 15 is 0 Å². The van der Waals surface area contributed by atoms with Gasteiger partial charge in [0, 0.05) is 38.8 Å². The lowest BCUT2D eigenvalue weighted by atomic mass is 10.2. The summed E-state index contributed by atoms with van der Waals surface area (Å²) in [4.78, 5) is 18.1. The molecule has 1 aromatic carbocycles. The monoisotopic (exact) mass is 360 g/mol. The highest BCUT2D eigenvalue weighted by Gasteiger charge is 2.04. The fourth-order valence-corrected chi connectivity index (χ4v) is 2.79. The summed E-state index contributed by atoms with van der Waals surface area (Å²) >= 11 is 1.61. The van der Waals surface area contributed by atoms with Crippen molar-refractivity contribution in [1.82, 2.24) is 9.88 Å². The highest BCUT2D eigenvalue weighted by molar-refractivity contribution is 7.09. The summed E-state index contributed by atoms with van der Waals surface area (Å²) in [6.45, 7) is 3.74. The molecule has 0 aliphatic heterocycles. The van der Waals surface area contributed by atoms with Crippen molar-refractivity contribution in [3.8, 4) is 5.75 Å². The molecule has 0 spiro atoms. The first kappa shape index (κ1) is 19.1. The molecular formula is C19H24N2O3S. The number of hydrogen-bond donors (Lipinski definition) is 0. The van der Waals surface area contributed by atoms with Gasteiger partial charge in [0.15, 0.2) is 0 Å². The van der Waals surface area contributed by atoms with Crippen LogP contribution in [0.5, 0.6) is 5.75 Å². The number of carbonyl (C=O) groups excluding carboxylic acids is 1. The number of rotatable bonds is 9. The van der Waals surface area contributed by atoms with E-state index in [2.05, 4.69) is 4.98 Å². The number of benzene rings is 1. The first-order valence-electron chi connectivity index (χ1n) is 8.14. The van der Waals surface area contributed by atoms with Crippen molar-refractivity contribution >= 4 is 23.3 Å². The van der Waals surface area contributed by atoms with E-state index in [0.29, 0.717) is 19.8 Å². The SMILES string of the molecule is COCCCN(C)C(=O)/C=C/c1cccc(OCc2csc(C)n2)c1. The van der Waals surface area contributed by atoms with Gasteiger partial charge in [-0.3, -0.25) is 4.79 Å². The third kappa shape index (κ3) is 6.68. The molecule has 1 aromatic heterocycles. The van der Waals surface area contributed by atoms with Crippen LogP contribution in [-0.2, 0) is 16.1 Å². The van der Waals surface area contributed by atoms with Crippen molar-refractivity contribution in [2.75, 3.05) is 27.3 Å². The summed E-state index contributed by atoms with van der Waals surface area (Å²) in [5, 5.41) is 3.03. The maximum atomic E-state index is 12.1. The van der Waals surface area contributed by atoms with E-state index in [4.69, 9.17) is 9.47 Å². The van der Waals surface area contributed by atoms with Crippen LogP contribution in [0.2, 0.25) is 0 Å². The standard InChI is InChI=1S/C19H24N2O3S/c1-15-20-17(14-25-15)13-24-18-7-4-6-16(12-18)8-9-19(22)21(2)10-5-11-23-3/h4,6-9,12,14H,5,10-11,13H2,1-3H3/b9-8+. The van der Waals surface area contributed by atoms with Gasteiger partial charge in [0.1, 0.15) is 12.4 Å². The molecular weight excluding hydrogens is 336 g/mol. The van der Waals surface area contributed by atoms with Crippen molar-refractivity contribution in [2.24, 2.45) is 0 Å². The summed E-state index contributed by atoms with van der Waals surface area (Å²) in [5.74, 6) is 0.731. The van der Waals surface area contributed by atoms with E-state index in [1.54, 1.807) is 42.5 Å². The Hall–Kier alpha value is -2.18. The molecule has 0 atom stereocenters. The molecule has 0 unspecified atom stereocenters. The molecule has 0 N–H and O–H groups in total. The van der Waals surface area contributed by atoms with Gasteiger partial charge >= 0.3 is 0 Å². The zero-order valence-electron chi connectivity index (χ0n) is 14.9. The molecule has 1 heterocycles. The number of methoxy groups -OCH3 is 1. The van der Waals surface area contributed by atoms with Gasteiger partial charge in [-0.15, -0.1) is 11.3 Å². The fraction of sp³-hybridized carbons (Fsp3) is 0.368. The maximum Gasteiger partial charge on any atom is 0.246 e. The van der Waals surface area contributed by atoms with Gasteiger partial charge in [0.05, 0.1) is 10.7 Å². The minimum atomic E-state index is -0.0274. The minimum absolute atomic E-state index is 0.0274. The van der Waals surface area contributed by atoms with Gasteiger partial charge in [0.25, 0.3) is 0 Å². The van der Waals surface area contributed by atoms with Crippen LogP contribution >= 0.6 is 11.3 Å². The van der Waals surface area contributed by atoms with Crippen molar-refractivity contribution in [2.45, 2.75) is 20.0 Å². The van der Waals surface area contributed by atoms with E-state index in [-0.39, 0.29) is 5.91 Å². The van der Waals surface area contributed by atoms with E-state index in [1.165, 1.54) is 0 Å². The Bertz CT molecular complexity index is 712. The normalized spacial score (nSPS) is 11.0. The molecule has 6 heteroatoms. The Morgan fingerprint density at radius 1 is 1.40 bits per heavy atom. The fourth-order valence-electron chi connectivity index (χ4n) is 2.19. The highest BCUT2D eigenvalue weighted by Crippen LogP contribution is 2.17. The lowest BCUT2D eigenvalue weighted by Crippen LogP contribution is -2.26. The molecule has 134 valence electrons. The van der Waals surface area contributed by atoms with E-state index < -0.39 is 0 Å². The van der Waals surface area contributed by atoms with Gasteiger partial charge < -0.3 is 14.4 Å². The number of hydrogen-bond acceptors (Lipinski definition) is 5. The molecule has 0 aliphatic rings. The molecule has 0 bridgehead atoms. The Kier molecular flexibility index (Phi) is 7.63. The predicted molar refractivity (Wildman–Crippen MR) is 101 cm³/mol. The number of likely N-dealkylation sites (N-methyl/N-ethyl adjacent to an activating group) is 1. The molecule has 25 heavy (non-hydrogen) atoms. The molecule has 2 rings (SSSR count). The second-order valence-corrected chi connectivity index (χ2v) is 6.72. The Labute approximate surface area is 152 Å². The minimum Gasteiger partial charge on any atom is -0.487 e. The molecule has 0 aliphatic carbocycles. The molecule has 0 saturated carbocycles. The van der Waals surface area contributed by atoms with E-state index in [1.807, 2.05) is 36.6 Å². The smallest absolute Gasteiger partial charge is 0.246 e. The van der Waals surface area contributed by atoms with Crippen LogP contribution in [0.25, 0.3) is 6.08 Å². The second-order valence-electron chi connectivity index (χ2n) is 5.66. The average molecular weight is 360 g/mol. The third-order valence-corrected chi connectivity index (χ3v) is 4.37. The molecule has 1 amide bonds. The molecule has 2 aromatic rings. The average Bonchev–Trinajstić information content (AvgIpc) is 3.03. The van der Waals surface area contributed by atoms with Crippen LogP contribution < -0.4 is 4.74 Å². The second kappa shape index (κ2) is 9.96. The number of carbonyl (C=O) groups is 1. The number of aromatic nitrogens is 1. The summed E-state index contributed by atoms with van der Waals surface area (Å²) in [5.41, 5.74) is 1.85. The third-order valence-electron chi connectivity index (χ3n) is 3.55. The predicted octanol–water partition coefficient (Wildman–Crippen LogP) is 3.54. The van der Waals surface area contributed by atoms with Crippen molar-refractivity contribution in [3.05, 3.63) is 52.0 Å². The molecule has 0 saturated heterocycles. The van der Waals surface area contributed by atoms with Crippen LogP contribution in [0, 0.1) is 6.92 Å². The number of ether oxygens (including phenoxy) is 2. The summed E-state index contributed by atoms with van der Waals surface area (Å²) < 4.78 is 10.8. The van der Waals surface area contributed by atoms with Crippen molar-refractivity contribution in [1.29, 1.82) is 0 Å². The van der Waals surface area contributed by atoms with Gasteiger partial charge in [-0.25, -0.2) is 4.98 Å². The van der Waals surface area contributed by atoms with Gasteiger partial charge in [-0.2, -0.15) is 0 Å². The van der Waals surface area contributed by atoms with Crippen LogP contribution in [0.1, 0.15) is 22.7 Å². The Morgan fingerprint density at radius 2 is 2.24 bits per heavy atom. The Balaban J connectivity index is 1.88. The van der Waals surface area contributed by atoms with Crippen LogP contribution in [0.4, 0.5) is 0 Å². The molecule has 5 nitrogen and oxygen atoms in total. The van der Waals surface area contributed by atoms with Crippen LogP contribution in [0.3, 0.4) is 0 Å². The summed E-state index contributed by atoms with van der Waals surface area (Å²) in [7, 11) is 3.45. The molecule has 0 fully saturated rings. The van der Waals surface area contributed by atoms with Crippen LogP contribution in [0.15, 0.2) is 35.7 Å². The topological polar surface area (TPSA) is 51.7 Å². The lowest BCUT2D eigenvalue weighted by molar-refractivity contribution is -0.124. The van der Waals surface area contributed by atoms with Gasteiger partial charge in [-0.1, -0.05) is 12.1 Å². The van der Waals surface area contributed by atoms with Gasteiger partial charge in [-0.05, 0) is 37.1 Å². The number of thiazole rings is 1. The maximum absolute atomic E-state index is 12.1. The first-order valence-corrected chi connectivity index (χ1v) is 9.02. The number of amides is 1. The largest absolute Gasteiger partial charge is 0.487 e. The van der Waals surface area contributed by atoms with Crippen molar-refractivity contribution < 1.29 is 14.3 Å². The zero-order valence-corrected chi connectivity index (χ0v) is 15.7. The quantitative estimate of drug-likeness (QED) is 0.507. The zero-order chi connectivity index (χ0) is 18.1. The van der Waals surface area contributed by atoms with E-state index in [0.717, 1.165) is 28.4 Å². The Morgan fingerprint density at radius 3 is 2.96 bits per heavy atom. The van der Waals surface area contributed by atoms with Gasteiger partial charge in [0.2, 0.25) is 5.91 Å². The van der Waals surface area contributed by atoms with E-state index in [9.17, 15) is 4.79 Å². The lowest BCUT2D eigenvalue weighted by Gasteiger charge is -2.14. The first-order chi connectivity index (χ1) is 12.1. The van der Waals surface area contributed by atoms with Crippen LogP contribution in [-0.4, -0.2) is 43.1 Å². The summed E-state index contributed by atoms with van der Waals surface area (Å²) in [6.07, 6.45) is 4.21. The summed E-state index contributed by atoms with van der Waals surface area (Å²) in [6, 6.07) is 7.66.